The molecular weight excluding hydrogens is 224 g/mol. The maximum atomic E-state index is 12.0. The van der Waals surface area contributed by atoms with Crippen LogP contribution >= 0.6 is 0 Å². The van der Waals surface area contributed by atoms with E-state index < -0.39 is 0 Å². The number of benzene rings is 1. The Morgan fingerprint density at radius 3 is 2.61 bits per heavy atom. The lowest BCUT2D eigenvalue weighted by Gasteiger charge is -2.10. The summed E-state index contributed by atoms with van der Waals surface area (Å²) in [6.45, 7) is 5.20. The van der Waals surface area contributed by atoms with Crippen LogP contribution < -0.4 is 10.6 Å². The smallest absolute Gasteiger partial charge is 0.253 e. The summed E-state index contributed by atoms with van der Waals surface area (Å²) >= 11 is 0. The lowest BCUT2D eigenvalue weighted by molar-refractivity contribution is 0.0953. The molecule has 2 N–H and O–H groups in total. The van der Waals surface area contributed by atoms with Crippen LogP contribution in [-0.2, 0) is 0 Å². The molecule has 0 saturated carbocycles. The lowest BCUT2D eigenvalue weighted by Crippen LogP contribution is -2.25. The Morgan fingerprint density at radius 1 is 1.22 bits per heavy atom. The zero-order valence-electron chi connectivity index (χ0n) is 11.6. The molecule has 0 fully saturated rings. The number of carbonyl (C=O) groups is 1. The first kappa shape index (κ1) is 14.6. The van der Waals surface area contributed by atoms with Gasteiger partial charge in [-0.15, -0.1) is 0 Å². The largest absolute Gasteiger partial charge is 0.387 e. The molecule has 18 heavy (non-hydrogen) atoms. The van der Waals surface area contributed by atoms with Crippen molar-refractivity contribution in [3.8, 4) is 0 Å². The zero-order chi connectivity index (χ0) is 13.4. The number of nitrogens with one attached hydrogen (secondary N) is 2. The molecule has 1 aromatic rings. The van der Waals surface area contributed by atoms with Gasteiger partial charge in [-0.25, -0.2) is 0 Å². The molecule has 0 radical (unpaired) electrons. The van der Waals surface area contributed by atoms with Crippen LogP contribution in [0, 0.1) is 5.92 Å². The van der Waals surface area contributed by atoms with Crippen molar-refractivity contribution in [2.75, 3.05) is 18.9 Å². The second kappa shape index (κ2) is 7.75. The third kappa shape index (κ3) is 4.78. The molecule has 0 saturated heterocycles. The molecule has 0 spiro atoms. The predicted octanol–water partition coefficient (Wildman–Crippen LogP) is 3.28. The summed E-state index contributed by atoms with van der Waals surface area (Å²) in [6, 6.07) is 7.56. The molecule has 0 aliphatic rings. The molecule has 100 valence electrons. The quantitative estimate of drug-likeness (QED) is 0.727. The van der Waals surface area contributed by atoms with Gasteiger partial charge in [0.2, 0.25) is 0 Å². The van der Waals surface area contributed by atoms with Crippen LogP contribution in [0.3, 0.4) is 0 Å². The molecule has 0 aromatic heterocycles. The number of rotatable bonds is 7. The minimum atomic E-state index is 0.00416. The van der Waals surface area contributed by atoms with E-state index in [4.69, 9.17) is 0 Å². The molecule has 0 aliphatic carbocycles. The Balaban J connectivity index is 2.36. The summed E-state index contributed by atoms with van der Waals surface area (Å²) in [5, 5.41) is 6.00. The number of hydrogen-bond acceptors (Lipinski definition) is 2. The SMILES string of the molecule is CNc1ccccc1C(=O)NCCCCC(C)C. The van der Waals surface area contributed by atoms with Gasteiger partial charge in [0, 0.05) is 19.3 Å². The van der Waals surface area contributed by atoms with Crippen molar-refractivity contribution in [1.82, 2.24) is 5.32 Å². The van der Waals surface area contributed by atoms with Gasteiger partial charge in [0.15, 0.2) is 0 Å². The highest BCUT2D eigenvalue weighted by atomic mass is 16.1. The van der Waals surface area contributed by atoms with Crippen molar-refractivity contribution < 1.29 is 4.79 Å². The van der Waals surface area contributed by atoms with Crippen LogP contribution in [0.25, 0.3) is 0 Å². The Labute approximate surface area is 110 Å². The summed E-state index contributed by atoms with van der Waals surface area (Å²) in [5.74, 6) is 0.746. The van der Waals surface area contributed by atoms with E-state index in [2.05, 4.69) is 24.5 Å². The maximum Gasteiger partial charge on any atom is 0.253 e. The van der Waals surface area contributed by atoms with Crippen molar-refractivity contribution in [3.63, 3.8) is 0 Å². The Bertz CT molecular complexity index is 375. The van der Waals surface area contributed by atoms with E-state index in [1.807, 2.05) is 31.3 Å². The molecule has 0 bridgehead atoms. The molecule has 3 heteroatoms. The molecule has 1 rings (SSSR count). The molecule has 3 nitrogen and oxygen atoms in total. The van der Waals surface area contributed by atoms with E-state index in [-0.39, 0.29) is 5.91 Å². The minimum absolute atomic E-state index is 0.00416. The molecule has 0 aliphatic heterocycles. The highest BCUT2D eigenvalue weighted by Crippen LogP contribution is 2.13. The van der Waals surface area contributed by atoms with Crippen LogP contribution in [0.5, 0.6) is 0 Å². The van der Waals surface area contributed by atoms with Gasteiger partial charge in [-0.3, -0.25) is 4.79 Å². The third-order valence-electron chi connectivity index (χ3n) is 2.93. The van der Waals surface area contributed by atoms with Crippen LogP contribution in [0.1, 0.15) is 43.5 Å². The van der Waals surface area contributed by atoms with E-state index in [0.29, 0.717) is 5.56 Å². The number of amides is 1. The topological polar surface area (TPSA) is 41.1 Å². The monoisotopic (exact) mass is 248 g/mol. The molecule has 0 heterocycles. The summed E-state index contributed by atoms with van der Waals surface area (Å²) < 4.78 is 0. The van der Waals surface area contributed by atoms with Crippen LogP contribution in [0.15, 0.2) is 24.3 Å². The maximum absolute atomic E-state index is 12.0. The molecule has 1 amide bonds. The number of para-hydroxylation sites is 1. The Hall–Kier alpha value is -1.51. The first-order valence-electron chi connectivity index (χ1n) is 6.70. The van der Waals surface area contributed by atoms with E-state index in [9.17, 15) is 4.79 Å². The predicted molar refractivity (Wildman–Crippen MR) is 77.0 cm³/mol. The number of anilines is 1. The second-order valence-electron chi connectivity index (χ2n) is 4.94. The van der Waals surface area contributed by atoms with Crippen molar-refractivity contribution in [2.45, 2.75) is 33.1 Å². The van der Waals surface area contributed by atoms with Gasteiger partial charge in [0.05, 0.1) is 5.56 Å². The van der Waals surface area contributed by atoms with Gasteiger partial charge in [0.1, 0.15) is 0 Å². The number of carbonyl (C=O) groups excluding carboxylic acids is 1. The van der Waals surface area contributed by atoms with Crippen molar-refractivity contribution in [1.29, 1.82) is 0 Å². The van der Waals surface area contributed by atoms with Gasteiger partial charge in [-0.05, 0) is 24.5 Å². The van der Waals surface area contributed by atoms with E-state index >= 15 is 0 Å². The summed E-state index contributed by atoms with van der Waals surface area (Å²) in [7, 11) is 1.83. The first-order chi connectivity index (χ1) is 8.65. The highest BCUT2D eigenvalue weighted by Gasteiger charge is 2.08. The van der Waals surface area contributed by atoms with Gasteiger partial charge in [-0.2, -0.15) is 0 Å². The van der Waals surface area contributed by atoms with Crippen molar-refractivity contribution in [2.24, 2.45) is 5.92 Å². The average Bonchev–Trinajstić information content (AvgIpc) is 2.37. The van der Waals surface area contributed by atoms with Crippen molar-refractivity contribution in [3.05, 3.63) is 29.8 Å². The summed E-state index contributed by atoms with van der Waals surface area (Å²) in [4.78, 5) is 12.0. The highest BCUT2D eigenvalue weighted by molar-refractivity contribution is 5.99. The average molecular weight is 248 g/mol. The van der Waals surface area contributed by atoms with Gasteiger partial charge in [0.25, 0.3) is 5.91 Å². The fourth-order valence-electron chi connectivity index (χ4n) is 1.87. The first-order valence-corrected chi connectivity index (χ1v) is 6.70. The Kier molecular flexibility index (Phi) is 6.26. The standard InChI is InChI=1S/C15H24N2O/c1-12(2)8-6-7-11-17-15(18)13-9-4-5-10-14(13)16-3/h4-5,9-10,12,16H,6-8,11H2,1-3H3,(H,17,18). The van der Waals surface area contributed by atoms with Gasteiger partial charge < -0.3 is 10.6 Å². The molecule has 0 unspecified atom stereocenters. The normalized spacial score (nSPS) is 10.4. The van der Waals surface area contributed by atoms with E-state index in [1.165, 1.54) is 12.8 Å². The zero-order valence-corrected chi connectivity index (χ0v) is 11.6. The fourth-order valence-corrected chi connectivity index (χ4v) is 1.87. The summed E-state index contributed by atoms with van der Waals surface area (Å²) in [5.41, 5.74) is 1.58. The van der Waals surface area contributed by atoms with E-state index in [1.54, 1.807) is 0 Å². The van der Waals surface area contributed by atoms with Gasteiger partial charge in [-0.1, -0.05) is 38.8 Å². The molecular formula is C15H24N2O. The van der Waals surface area contributed by atoms with Crippen LogP contribution in [0.4, 0.5) is 5.69 Å². The molecule has 0 atom stereocenters. The van der Waals surface area contributed by atoms with E-state index in [0.717, 1.165) is 24.6 Å². The third-order valence-corrected chi connectivity index (χ3v) is 2.93. The Morgan fingerprint density at radius 2 is 1.94 bits per heavy atom. The second-order valence-corrected chi connectivity index (χ2v) is 4.94. The lowest BCUT2D eigenvalue weighted by atomic mass is 10.1. The fraction of sp³-hybridized carbons (Fsp3) is 0.533. The van der Waals surface area contributed by atoms with Crippen molar-refractivity contribution >= 4 is 11.6 Å². The summed E-state index contributed by atoms with van der Waals surface area (Å²) in [6.07, 6.45) is 3.44. The van der Waals surface area contributed by atoms with Crippen LogP contribution in [0.2, 0.25) is 0 Å². The number of hydrogen-bond donors (Lipinski definition) is 2. The number of unbranched alkanes of at least 4 members (excludes halogenated alkanes) is 1. The van der Waals surface area contributed by atoms with Crippen LogP contribution in [-0.4, -0.2) is 19.5 Å². The molecule has 1 aromatic carbocycles. The van der Waals surface area contributed by atoms with Gasteiger partial charge >= 0.3 is 0 Å². The minimum Gasteiger partial charge on any atom is -0.387 e.